The molecule has 0 bridgehead atoms. The molecule has 1 N–H and O–H groups in total. The summed E-state index contributed by atoms with van der Waals surface area (Å²) in [4.78, 5) is 27.9. The Kier molecular flexibility index (Phi) is 5.62. The number of hydrogen-bond donors (Lipinski definition) is 1. The lowest BCUT2D eigenvalue weighted by atomic mass is 9.94. The summed E-state index contributed by atoms with van der Waals surface area (Å²) >= 11 is 1.57. The molecule has 122 valence electrons. The lowest BCUT2D eigenvalue weighted by Crippen LogP contribution is -2.58. The van der Waals surface area contributed by atoms with Crippen molar-refractivity contribution in [1.82, 2.24) is 10.2 Å². The van der Waals surface area contributed by atoms with Gasteiger partial charge in [0, 0.05) is 18.0 Å². The zero-order valence-corrected chi connectivity index (χ0v) is 14.5. The van der Waals surface area contributed by atoms with Crippen molar-refractivity contribution in [2.24, 2.45) is 0 Å². The Morgan fingerprint density at radius 2 is 2.09 bits per heavy atom. The average Bonchev–Trinajstić information content (AvgIpc) is 3.19. The highest BCUT2D eigenvalue weighted by Crippen LogP contribution is 2.23. The molecule has 1 aromatic rings. The van der Waals surface area contributed by atoms with E-state index in [0.717, 1.165) is 17.7 Å². The summed E-state index contributed by atoms with van der Waals surface area (Å²) in [7, 11) is 1.74. The monoisotopic (exact) mass is 322 g/mol. The molecule has 0 aliphatic heterocycles. The molecule has 1 aliphatic carbocycles. The molecule has 1 saturated carbocycles. The van der Waals surface area contributed by atoms with Crippen LogP contribution in [0.15, 0.2) is 17.5 Å². The number of thiophene rings is 1. The summed E-state index contributed by atoms with van der Waals surface area (Å²) in [5.41, 5.74) is -0.781. The van der Waals surface area contributed by atoms with Crippen LogP contribution >= 0.6 is 11.3 Å². The van der Waals surface area contributed by atoms with Gasteiger partial charge in [0.25, 0.3) is 0 Å². The smallest absolute Gasteiger partial charge is 0.245 e. The third-order valence-electron chi connectivity index (χ3n) is 4.89. The van der Waals surface area contributed by atoms with Crippen LogP contribution in [0.2, 0.25) is 0 Å². The molecule has 0 aromatic carbocycles. The van der Waals surface area contributed by atoms with E-state index in [4.69, 9.17) is 0 Å². The Hall–Kier alpha value is -1.36. The Morgan fingerprint density at radius 1 is 1.41 bits per heavy atom. The van der Waals surface area contributed by atoms with Crippen LogP contribution in [-0.4, -0.2) is 35.3 Å². The minimum atomic E-state index is -0.781. The largest absolute Gasteiger partial charge is 0.351 e. The van der Waals surface area contributed by atoms with Crippen LogP contribution in [0, 0.1) is 0 Å². The molecule has 4 nitrogen and oxygen atoms in total. The summed E-state index contributed by atoms with van der Waals surface area (Å²) < 4.78 is 0. The highest BCUT2D eigenvalue weighted by atomic mass is 32.1. The maximum Gasteiger partial charge on any atom is 0.245 e. The van der Waals surface area contributed by atoms with Crippen LogP contribution in [0.3, 0.4) is 0 Å². The number of rotatable bonds is 6. The number of nitrogens with zero attached hydrogens (tertiary/aromatic N) is 1. The fraction of sp³-hybridized carbons (Fsp3) is 0.647. The first-order chi connectivity index (χ1) is 10.5. The lowest BCUT2D eigenvalue weighted by Gasteiger charge is -2.37. The van der Waals surface area contributed by atoms with Crippen LogP contribution in [0.25, 0.3) is 0 Å². The molecule has 1 aliphatic rings. The van der Waals surface area contributed by atoms with E-state index in [0.29, 0.717) is 12.8 Å². The highest BCUT2D eigenvalue weighted by Gasteiger charge is 2.39. The predicted octanol–water partition coefficient (Wildman–Crippen LogP) is 2.98. The van der Waals surface area contributed by atoms with Gasteiger partial charge in [-0.15, -0.1) is 11.3 Å². The Balaban J connectivity index is 2.02. The standard InChI is InChI=1S/C17H26N2O2S/c1-4-17(2,16(21)18-13-8-5-6-9-13)19(3)15(20)12-14-10-7-11-22-14/h7,10-11,13H,4-6,8-9,12H2,1-3H3,(H,18,21)/t17-/m0/s1. The number of amides is 2. The first kappa shape index (κ1) is 17.0. The van der Waals surface area contributed by atoms with Crippen LogP contribution in [0.4, 0.5) is 0 Å². The molecule has 22 heavy (non-hydrogen) atoms. The normalized spacial score (nSPS) is 18.0. The molecule has 2 rings (SSSR count). The van der Waals surface area contributed by atoms with Crippen molar-refractivity contribution < 1.29 is 9.59 Å². The van der Waals surface area contributed by atoms with Crippen molar-refractivity contribution >= 4 is 23.2 Å². The van der Waals surface area contributed by atoms with Crippen molar-refractivity contribution in [3.05, 3.63) is 22.4 Å². The fourth-order valence-electron chi connectivity index (χ4n) is 2.92. The van der Waals surface area contributed by atoms with E-state index in [1.165, 1.54) is 12.8 Å². The molecule has 0 spiro atoms. The van der Waals surface area contributed by atoms with Crippen molar-refractivity contribution in [1.29, 1.82) is 0 Å². The molecule has 1 aromatic heterocycles. The van der Waals surface area contributed by atoms with E-state index < -0.39 is 5.54 Å². The van der Waals surface area contributed by atoms with Crippen LogP contribution < -0.4 is 5.32 Å². The molecular weight excluding hydrogens is 296 g/mol. The fourth-order valence-corrected chi connectivity index (χ4v) is 3.61. The molecule has 0 saturated heterocycles. The number of nitrogens with one attached hydrogen (secondary N) is 1. The first-order valence-electron chi connectivity index (χ1n) is 8.07. The summed E-state index contributed by atoms with van der Waals surface area (Å²) in [6.45, 7) is 3.83. The highest BCUT2D eigenvalue weighted by molar-refractivity contribution is 7.10. The van der Waals surface area contributed by atoms with E-state index in [1.54, 1.807) is 23.3 Å². The summed E-state index contributed by atoms with van der Waals surface area (Å²) in [5, 5.41) is 5.10. The number of hydrogen-bond acceptors (Lipinski definition) is 3. The molecule has 0 unspecified atom stereocenters. The van der Waals surface area contributed by atoms with Gasteiger partial charge in [-0.05, 0) is 37.6 Å². The van der Waals surface area contributed by atoms with E-state index in [9.17, 15) is 9.59 Å². The van der Waals surface area contributed by atoms with E-state index >= 15 is 0 Å². The number of likely N-dealkylation sites (N-methyl/N-ethyl adjacent to an activating group) is 1. The minimum absolute atomic E-state index is 0.00614. The Labute approximate surface area is 136 Å². The van der Waals surface area contributed by atoms with Crippen LogP contribution in [0.5, 0.6) is 0 Å². The number of carbonyl (C=O) groups is 2. The van der Waals surface area contributed by atoms with Crippen molar-refractivity contribution in [2.45, 2.75) is 64.0 Å². The van der Waals surface area contributed by atoms with Gasteiger partial charge in [-0.2, -0.15) is 0 Å². The zero-order chi connectivity index (χ0) is 16.2. The Morgan fingerprint density at radius 3 is 2.64 bits per heavy atom. The van der Waals surface area contributed by atoms with Crippen molar-refractivity contribution in [3.63, 3.8) is 0 Å². The molecule has 5 heteroatoms. The second kappa shape index (κ2) is 7.27. The summed E-state index contributed by atoms with van der Waals surface area (Å²) in [6.07, 6.45) is 5.44. The molecule has 0 radical (unpaired) electrons. The number of carbonyl (C=O) groups excluding carboxylic acids is 2. The maximum atomic E-state index is 12.7. The van der Waals surface area contributed by atoms with Gasteiger partial charge in [-0.3, -0.25) is 9.59 Å². The van der Waals surface area contributed by atoms with E-state index in [2.05, 4.69) is 5.32 Å². The third kappa shape index (κ3) is 3.69. The molecule has 1 fully saturated rings. The maximum absolute atomic E-state index is 12.7. The topological polar surface area (TPSA) is 49.4 Å². The van der Waals surface area contributed by atoms with Crippen molar-refractivity contribution in [3.8, 4) is 0 Å². The van der Waals surface area contributed by atoms with E-state index in [-0.39, 0.29) is 17.9 Å². The quantitative estimate of drug-likeness (QED) is 0.875. The minimum Gasteiger partial charge on any atom is -0.351 e. The predicted molar refractivity (Wildman–Crippen MR) is 89.9 cm³/mol. The first-order valence-corrected chi connectivity index (χ1v) is 8.95. The van der Waals surface area contributed by atoms with Gasteiger partial charge in [0.05, 0.1) is 6.42 Å². The van der Waals surface area contributed by atoms with Gasteiger partial charge in [-0.1, -0.05) is 25.8 Å². The summed E-state index contributed by atoms with van der Waals surface area (Å²) in [6, 6.07) is 4.18. The zero-order valence-electron chi connectivity index (χ0n) is 13.7. The van der Waals surface area contributed by atoms with Gasteiger partial charge < -0.3 is 10.2 Å². The molecule has 2 amide bonds. The Bertz CT molecular complexity index is 509. The SMILES string of the molecule is CC[C@@](C)(C(=O)NC1CCCC1)N(C)C(=O)Cc1cccs1. The van der Waals surface area contributed by atoms with Crippen LogP contribution in [-0.2, 0) is 16.0 Å². The average molecular weight is 322 g/mol. The summed E-state index contributed by atoms with van der Waals surface area (Å²) in [5.74, 6) is -0.0303. The molecular formula is C17H26N2O2S. The van der Waals surface area contributed by atoms with Crippen LogP contribution in [0.1, 0.15) is 50.8 Å². The van der Waals surface area contributed by atoms with Crippen molar-refractivity contribution in [2.75, 3.05) is 7.05 Å². The van der Waals surface area contributed by atoms with Gasteiger partial charge in [-0.25, -0.2) is 0 Å². The second-order valence-electron chi connectivity index (χ2n) is 6.29. The second-order valence-corrected chi connectivity index (χ2v) is 7.32. The van der Waals surface area contributed by atoms with E-state index in [1.807, 2.05) is 31.4 Å². The van der Waals surface area contributed by atoms with Gasteiger partial charge >= 0.3 is 0 Å². The molecule has 1 heterocycles. The third-order valence-corrected chi connectivity index (χ3v) is 5.76. The van der Waals surface area contributed by atoms with Gasteiger partial charge in [0.1, 0.15) is 5.54 Å². The van der Waals surface area contributed by atoms with Gasteiger partial charge in [0.2, 0.25) is 11.8 Å². The van der Waals surface area contributed by atoms with Gasteiger partial charge in [0.15, 0.2) is 0 Å². The lowest BCUT2D eigenvalue weighted by molar-refractivity contribution is -0.145. The molecule has 1 atom stereocenters.